The number of rotatable bonds is 10. The molecule has 0 aromatic carbocycles. The van der Waals surface area contributed by atoms with Crippen LogP contribution in [0.1, 0.15) is 39.5 Å². The fourth-order valence-corrected chi connectivity index (χ4v) is 1.85. The third-order valence-electron chi connectivity index (χ3n) is 3.36. The van der Waals surface area contributed by atoms with E-state index < -0.39 is 0 Å². The van der Waals surface area contributed by atoms with E-state index in [4.69, 9.17) is 9.84 Å². The van der Waals surface area contributed by atoms with Crippen molar-refractivity contribution in [3.63, 3.8) is 0 Å². The van der Waals surface area contributed by atoms with Gasteiger partial charge in [0.25, 0.3) is 0 Å². The largest absolute Gasteiger partial charge is 0.396 e. The summed E-state index contributed by atoms with van der Waals surface area (Å²) in [4.78, 5) is 0. The average Bonchev–Trinajstić information content (AvgIpc) is 2.97. The number of aliphatic hydroxyl groups excluding tert-OH is 1. The molecule has 0 radical (unpaired) electrons. The van der Waals surface area contributed by atoms with Crippen molar-refractivity contribution in [2.24, 2.45) is 11.3 Å². The van der Waals surface area contributed by atoms with Gasteiger partial charge in [0, 0.05) is 26.3 Å². The predicted octanol–water partition coefficient (Wildman–Crippen LogP) is 1.80. The Bertz CT molecular complexity index is 179. The van der Waals surface area contributed by atoms with Crippen LogP contribution in [0.25, 0.3) is 0 Å². The monoisotopic (exact) mass is 229 g/mol. The smallest absolute Gasteiger partial charge is 0.0590 e. The van der Waals surface area contributed by atoms with E-state index in [1.807, 2.05) is 0 Å². The molecular formula is C13H27NO2. The van der Waals surface area contributed by atoms with Crippen molar-refractivity contribution in [3.8, 4) is 0 Å². The van der Waals surface area contributed by atoms with Gasteiger partial charge in [-0.1, -0.05) is 13.8 Å². The first-order valence-corrected chi connectivity index (χ1v) is 6.58. The first-order valence-electron chi connectivity index (χ1n) is 6.58. The van der Waals surface area contributed by atoms with Gasteiger partial charge in [0.2, 0.25) is 0 Å². The Morgan fingerprint density at radius 2 is 2.06 bits per heavy atom. The summed E-state index contributed by atoms with van der Waals surface area (Å²) in [6.45, 7) is 8.42. The SMILES string of the molecule is CC(C)CCOCCNCC1(CCO)CC1. The second-order valence-corrected chi connectivity index (χ2v) is 5.45. The number of nitrogens with one attached hydrogen (secondary N) is 1. The molecule has 0 heterocycles. The van der Waals surface area contributed by atoms with Gasteiger partial charge in [-0.2, -0.15) is 0 Å². The Labute approximate surface area is 99.6 Å². The summed E-state index contributed by atoms with van der Waals surface area (Å²) in [5.74, 6) is 0.729. The summed E-state index contributed by atoms with van der Waals surface area (Å²) in [6.07, 6.45) is 4.65. The molecule has 1 aliphatic carbocycles. The summed E-state index contributed by atoms with van der Waals surface area (Å²) in [7, 11) is 0. The van der Waals surface area contributed by atoms with E-state index in [2.05, 4.69) is 19.2 Å². The number of hydrogen-bond acceptors (Lipinski definition) is 3. The van der Waals surface area contributed by atoms with E-state index in [1.165, 1.54) is 12.8 Å². The molecule has 96 valence electrons. The number of aliphatic hydroxyl groups is 1. The van der Waals surface area contributed by atoms with Crippen LogP contribution in [0, 0.1) is 11.3 Å². The van der Waals surface area contributed by atoms with E-state index in [0.29, 0.717) is 12.0 Å². The van der Waals surface area contributed by atoms with Crippen LogP contribution in [0.15, 0.2) is 0 Å². The van der Waals surface area contributed by atoms with Crippen LogP contribution in [-0.2, 0) is 4.74 Å². The molecule has 0 aromatic heterocycles. The molecule has 3 nitrogen and oxygen atoms in total. The minimum atomic E-state index is 0.326. The lowest BCUT2D eigenvalue weighted by Gasteiger charge is -2.14. The fraction of sp³-hybridized carbons (Fsp3) is 1.00. The standard InChI is InChI=1S/C13H27NO2/c1-12(2)3-9-16-10-7-14-11-13(4-5-13)6-8-15/h12,14-15H,3-11H2,1-2H3. The topological polar surface area (TPSA) is 41.5 Å². The Balaban J connectivity index is 1.85. The van der Waals surface area contributed by atoms with E-state index in [0.717, 1.165) is 45.1 Å². The molecule has 0 aliphatic heterocycles. The van der Waals surface area contributed by atoms with Crippen LogP contribution >= 0.6 is 0 Å². The summed E-state index contributed by atoms with van der Waals surface area (Å²) >= 11 is 0. The normalized spacial score (nSPS) is 18.0. The van der Waals surface area contributed by atoms with Crippen LogP contribution in [0.5, 0.6) is 0 Å². The molecule has 0 saturated heterocycles. The molecule has 0 unspecified atom stereocenters. The maximum Gasteiger partial charge on any atom is 0.0590 e. The van der Waals surface area contributed by atoms with Gasteiger partial charge in [0.05, 0.1) is 6.61 Å². The van der Waals surface area contributed by atoms with E-state index in [1.54, 1.807) is 0 Å². The first-order chi connectivity index (χ1) is 7.68. The van der Waals surface area contributed by atoms with Gasteiger partial charge >= 0.3 is 0 Å². The molecule has 0 amide bonds. The van der Waals surface area contributed by atoms with Gasteiger partial charge in [-0.25, -0.2) is 0 Å². The average molecular weight is 229 g/mol. The van der Waals surface area contributed by atoms with Gasteiger partial charge < -0.3 is 15.2 Å². The highest BCUT2D eigenvalue weighted by Crippen LogP contribution is 2.47. The zero-order valence-electron chi connectivity index (χ0n) is 10.8. The lowest BCUT2D eigenvalue weighted by Crippen LogP contribution is -2.28. The molecule has 3 heteroatoms. The molecular weight excluding hydrogens is 202 g/mol. The van der Waals surface area contributed by atoms with Crippen molar-refractivity contribution in [2.75, 3.05) is 32.9 Å². The van der Waals surface area contributed by atoms with Crippen LogP contribution in [0.3, 0.4) is 0 Å². The van der Waals surface area contributed by atoms with Crippen molar-refractivity contribution in [2.45, 2.75) is 39.5 Å². The second-order valence-electron chi connectivity index (χ2n) is 5.45. The first kappa shape index (κ1) is 13.9. The van der Waals surface area contributed by atoms with Crippen molar-refractivity contribution in [3.05, 3.63) is 0 Å². The van der Waals surface area contributed by atoms with Crippen molar-refractivity contribution < 1.29 is 9.84 Å². The van der Waals surface area contributed by atoms with Crippen molar-refractivity contribution >= 4 is 0 Å². The highest BCUT2D eigenvalue weighted by molar-refractivity contribution is 4.94. The van der Waals surface area contributed by atoms with Crippen LogP contribution in [-0.4, -0.2) is 38.0 Å². The third-order valence-corrected chi connectivity index (χ3v) is 3.36. The third kappa shape index (κ3) is 5.83. The van der Waals surface area contributed by atoms with Gasteiger partial charge in [-0.05, 0) is 37.0 Å². The van der Waals surface area contributed by atoms with Crippen LogP contribution in [0.2, 0.25) is 0 Å². The summed E-state index contributed by atoms with van der Waals surface area (Å²) in [5.41, 5.74) is 0.423. The van der Waals surface area contributed by atoms with Crippen molar-refractivity contribution in [1.82, 2.24) is 5.32 Å². The minimum absolute atomic E-state index is 0.326. The summed E-state index contributed by atoms with van der Waals surface area (Å²) in [6, 6.07) is 0. The Hall–Kier alpha value is -0.120. The molecule has 1 saturated carbocycles. The minimum Gasteiger partial charge on any atom is -0.396 e. The zero-order chi connectivity index (χ0) is 11.9. The van der Waals surface area contributed by atoms with Crippen LogP contribution < -0.4 is 5.32 Å². The second kappa shape index (κ2) is 7.25. The van der Waals surface area contributed by atoms with Gasteiger partial charge in [-0.15, -0.1) is 0 Å². The summed E-state index contributed by atoms with van der Waals surface area (Å²) < 4.78 is 5.53. The highest BCUT2D eigenvalue weighted by atomic mass is 16.5. The number of hydrogen-bond donors (Lipinski definition) is 2. The molecule has 16 heavy (non-hydrogen) atoms. The molecule has 0 spiro atoms. The lowest BCUT2D eigenvalue weighted by atomic mass is 10.0. The Morgan fingerprint density at radius 1 is 1.31 bits per heavy atom. The van der Waals surface area contributed by atoms with Gasteiger partial charge in [0.1, 0.15) is 0 Å². The quantitative estimate of drug-likeness (QED) is 0.561. The predicted molar refractivity (Wildman–Crippen MR) is 66.5 cm³/mol. The number of ether oxygens (including phenoxy) is 1. The van der Waals surface area contributed by atoms with E-state index in [-0.39, 0.29) is 0 Å². The maximum atomic E-state index is 8.91. The molecule has 2 N–H and O–H groups in total. The maximum absolute atomic E-state index is 8.91. The summed E-state index contributed by atoms with van der Waals surface area (Å²) in [5, 5.41) is 12.3. The molecule has 0 aromatic rings. The molecule has 0 bridgehead atoms. The van der Waals surface area contributed by atoms with E-state index >= 15 is 0 Å². The van der Waals surface area contributed by atoms with Crippen LogP contribution in [0.4, 0.5) is 0 Å². The Kier molecular flexibility index (Phi) is 6.32. The Morgan fingerprint density at radius 3 is 2.62 bits per heavy atom. The van der Waals surface area contributed by atoms with Crippen molar-refractivity contribution in [1.29, 1.82) is 0 Å². The fourth-order valence-electron chi connectivity index (χ4n) is 1.85. The molecule has 1 fully saturated rings. The molecule has 1 rings (SSSR count). The highest BCUT2D eigenvalue weighted by Gasteiger charge is 2.41. The van der Waals surface area contributed by atoms with Gasteiger partial charge in [0.15, 0.2) is 0 Å². The van der Waals surface area contributed by atoms with Gasteiger partial charge in [-0.3, -0.25) is 0 Å². The molecule has 1 aliphatic rings. The lowest BCUT2D eigenvalue weighted by molar-refractivity contribution is 0.124. The van der Waals surface area contributed by atoms with E-state index in [9.17, 15) is 0 Å². The zero-order valence-corrected chi connectivity index (χ0v) is 10.8. The molecule has 0 atom stereocenters.